The predicted molar refractivity (Wildman–Crippen MR) is 68.4 cm³/mol. The second-order valence-corrected chi connectivity index (χ2v) is 4.20. The zero-order valence-electron chi connectivity index (χ0n) is 10.8. The number of benzene rings is 2. The van der Waals surface area contributed by atoms with E-state index in [-0.39, 0.29) is 57.4 Å². The van der Waals surface area contributed by atoms with Crippen LogP contribution in [-0.4, -0.2) is 5.11 Å². The number of aromatic hydroxyl groups is 1. The molecule has 118 valence electrons. The summed E-state index contributed by atoms with van der Waals surface area (Å²) in [6, 6.07) is 11.7. The van der Waals surface area contributed by atoms with Crippen molar-refractivity contribution in [2.75, 3.05) is 0 Å². The van der Waals surface area contributed by atoms with Gasteiger partial charge in [0.1, 0.15) is 11.6 Å². The van der Waals surface area contributed by atoms with Gasteiger partial charge in [-0.2, -0.15) is 0 Å². The molecule has 0 amide bonds. The molecule has 0 heterocycles. The summed E-state index contributed by atoms with van der Waals surface area (Å²) in [6.07, 6.45) is 0. The van der Waals surface area contributed by atoms with E-state index in [1.165, 1.54) is 12.1 Å². The standard InChI is InChI=1S/C14H15FN2O.2ClH.Pt/c15-11-6-4-9(5-7-11)13(16)14(17)10-2-1-3-12(18)8-10;;;/h1-8,13-14,18H,16-17H2;2*1H;/q;;;+2/p-2. The monoisotopic (exact) mass is 511 g/mol. The topological polar surface area (TPSA) is 72.3 Å². The van der Waals surface area contributed by atoms with Crippen molar-refractivity contribution in [3.05, 3.63) is 65.5 Å². The SMILES string of the molecule is NC(c1ccc(F)cc1)C(N)c1cccc(O)c1.[Cl-].[Cl-].[Pt+2]. The maximum atomic E-state index is 12.8. The van der Waals surface area contributed by atoms with Crippen LogP contribution < -0.4 is 36.3 Å². The quantitative estimate of drug-likeness (QED) is 0.396. The van der Waals surface area contributed by atoms with Gasteiger partial charge in [-0.05, 0) is 35.4 Å². The normalized spacial score (nSPS) is 12.1. The van der Waals surface area contributed by atoms with Crippen molar-refractivity contribution in [3.8, 4) is 5.75 Å². The molecule has 2 unspecified atom stereocenters. The third-order valence-corrected chi connectivity index (χ3v) is 2.90. The molecule has 5 N–H and O–H groups in total. The summed E-state index contributed by atoms with van der Waals surface area (Å²) in [5.74, 6) is -0.161. The molecule has 0 aliphatic carbocycles. The number of phenols is 1. The van der Waals surface area contributed by atoms with Gasteiger partial charge in [-0.1, -0.05) is 24.3 Å². The van der Waals surface area contributed by atoms with Gasteiger partial charge >= 0.3 is 21.1 Å². The van der Waals surface area contributed by atoms with Crippen molar-refractivity contribution in [2.45, 2.75) is 12.1 Å². The Labute approximate surface area is 150 Å². The number of nitrogens with two attached hydrogens (primary N) is 2. The molecule has 2 aromatic carbocycles. The maximum Gasteiger partial charge on any atom is 2.00 e. The van der Waals surface area contributed by atoms with E-state index in [0.29, 0.717) is 0 Å². The summed E-state index contributed by atoms with van der Waals surface area (Å²) >= 11 is 0. The summed E-state index contributed by atoms with van der Waals surface area (Å²) in [5, 5.41) is 9.40. The third-order valence-electron chi connectivity index (χ3n) is 2.90. The first-order valence-electron chi connectivity index (χ1n) is 5.63. The summed E-state index contributed by atoms with van der Waals surface area (Å²) in [4.78, 5) is 0. The number of rotatable bonds is 3. The molecule has 0 fully saturated rings. The van der Waals surface area contributed by atoms with Crippen LogP contribution in [-0.2, 0) is 21.1 Å². The van der Waals surface area contributed by atoms with E-state index < -0.39 is 12.1 Å². The average molecular weight is 512 g/mol. The number of halogens is 3. The van der Waals surface area contributed by atoms with Gasteiger partial charge in [0.15, 0.2) is 0 Å². The molecule has 0 aliphatic rings. The molecule has 2 atom stereocenters. The van der Waals surface area contributed by atoms with E-state index in [9.17, 15) is 9.50 Å². The van der Waals surface area contributed by atoms with E-state index in [1.807, 2.05) is 0 Å². The minimum atomic E-state index is -0.456. The van der Waals surface area contributed by atoms with Crippen LogP contribution >= 0.6 is 0 Å². The Bertz CT molecular complexity index is 543. The molecule has 0 saturated heterocycles. The van der Waals surface area contributed by atoms with Crippen LogP contribution in [0.3, 0.4) is 0 Å². The minimum Gasteiger partial charge on any atom is -1.00 e. The fraction of sp³-hybridized carbons (Fsp3) is 0.143. The second-order valence-electron chi connectivity index (χ2n) is 4.20. The van der Waals surface area contributed by atoms with Crippen LogP contribution in [0.15, 0.2) is 48.5 Å². The molecule has 2 aromatic rings. The molecule has 0 bridgehead atoms. The second kappa shape index (κ2) is 10.1. The van der Waals surface area contributed by atoms with E-state index in [0.717, 1.165) is 11.1 Å². The Morgan fingerprint density at radius 2 is 1.38 bits per heavy atom. The molecular weight excluding hydrogens is 497 g/mol. The van der Waals surface area contributed by atoms with Gasteiger partial charge in [0.2, 0.25) is 0 Å². The van der Waals surface area contributed by atoms with Gasteiger partial charge in [0.05, 0.1) is 0 Å². The summed E-state index contributed by atoms with van der Waals surface area (Å²) < 4.78 is 12.8. The van der Waals surface area contributed by atoms with Gasteiger partial charge in [0.25, 0.3) is 0 Å². The van der Waals surface area contributed by atoms with Gasteiger partial charge < -0.3 is 41.4 Å². The summed E-state index contributed by atoms with van der Waals surface area (Å²) in [7, 11) is 0. The number of hydrogen-bond donors (Lipinski definition) is 3. The first-order valence-corrected chi connectivity index (χ1v) is 5.63. The molecule has 0 aromatic heterocycles. The van der Waals surface area contributed by atoms with Crippen LogP contribution in [0.1, 0.15) is 23.2 Å². The molecule has 21 heavy (non-hydrogen) atoms. The summed E-state index contributed by atoms with van der Waals surface area (Å²) in [6.45, 7) is 0. The van der Waals surface area contributed by atoms with Crippen molar-refractivity contribution >= 4 is 0 Å². The van der Waals surface area contributed by atoms with Crippen molar-refractivity contribution in [1.82, 2.24) is 0 Å². The smallest absolute Gasteiger partial charge is 1.00 e. The largest absolute Gasteiger partial charge is 2.00 e. The van der Waals surface area contributed by atoms with Gasteiger partial charge in [-0.3, -0.25) is 0 Å². The summed E-state index contributed by atoms with van der Waals surface area (Å²) in [5.41, 5.74) is 13.6. The Kier molecular flexibility index (Phi) is 10.9. The molecule has 7 heteroatoms. The zero-order chi connectivity index (χ0) is 13.1. The van der Waals surface area contributed by atoms with E-state index in [4.69, 9.17) is 11.5 Å². The van der Waals surface area contributed by atoms with Crippen LogP contribution in [0.5, 0.6) is 5.75 Å². The Morgan fingerprint density at radius 1 is 0.857 bits per heavy atom. The Morgan fingerprint density at radius 3 is 1.90 bits per heavy atom. The fourth-order valence-electron chi connectivity index (χ4n) is 1.83. The van der Waals surface area contributed by atoms with Crippen LogP contribution in [0, 0.1) is 5.82 Å². The van der Waals surface area contributed by atoms with Gasteiger partial charge in [0, 0.05) is 12.1 Å². The van der Waals surface area contributed by atoms with E-state index in [1.54, 1.807) is 36.4 Å². The van der Waals surface area contributed by atoms with Crippen molar-refractivity contribution < 1.29 is 55.4 Å². The molecule has 2 rings (SSSR count). The van der Waals surface area contributed by atoms with Gasteiger partial charge in [-0.15, -0.1) is 0 Å². The molecule has 0 saturated carbocycles. The zero-order valence-corrected chi connectivity index (χ0v) is 14.6. The first kappa shape index (κ1) is 22.6. The Hall–Kier alpha value is -0.642. The van der Waals surface area contributed by atoms with E-state index >= 15 is 0 Å². The minimum absolute atomic E-state index is 0. The first-order chi connectivity index (χ1) is 8.58. The molecular formula is C14H15Cl2FN2OPt. The maximum absolute atomic E-state index is 12.8. The van der Waals surface area contributed by atoms with Crippen LogP contribution in [0.25, 0.3) is 0 Å². The molecule has 0 radical (unpaired) electrons. The Balaban J connectivity index is 0. The van der Waals surface area contributed by atoms with Crippen LogP contribution in [0.2, 0.25) is 0 Å². The van der Waals surface area contributed by atoms with Crippen molar-refractivity contribution in [3.63, 3.8) is 0 Å². The average Bonchev–Trinajstić information content (AvgIpc) is 2.38. The van der Waals surface area contributed by atoms with Crippen LogP contribution in [0.4, 0.5) is 4.39 Å². The van der Waals surface area contributed by atoms with Crippen molar-refractivity contribution in [1.29, 1.82) is 0 Å². The molecule has 0 spiro atoms. The molecule has 3 nitrogen and oxygen atoms in total. The predicted octanol–water partition coefficient (Wildman–Crippen LogP) is -3.76. The van der Waals surface area contributed by atoms with Gasteiger partial charge in [-0.25, -0.2) is 4.39 Å². The fourth-order valence-corrected chi connectivity index (χ4v) is 1.83. The van der Waals surface area contributed by atoms with Crippen molar-refractivity contribution in [2.24, 2.45) is 11.5 Å². The number of phenolic OH excluding ortho intramolecular Hbond substituents is 1. The number of hydrogen-bond acceptors (Lipinski definition) is 3. The van der Waals surface area contributed by atoms with E-state index in [2.05, 4.69) is 0 Å². The molecule has 0 aliphatic heterocycles. The third kappa shape index (κ3) is 5.93.